The lowest BCUT2D eigenvalue weighted by Crippen LogP contribution is -2.35. The number of hydrogen-bond acceptors (Lipinski definition) is 4. The molecule has 1 aliphatic heterocycles. The Balaban J connectivity index is 1.88. The number of carbonyl (C=O) groups is 1. The van der Waals surface area contributed by atoms with Crippen LogP contribution in [-0.4, -0.2) is 42.8 Å². The van der Waals surface area contributed by atoms with Gasteiger partial charge in [0, 0.05) is 48.4 Å². The second kappa shape index (κ2) is 8.18. The second-order valence-electron chi connectivity index (χ2n) is 5.16. The van der Waals surface area contributed by atoms with E-state index in [0.29, 0.717) is 26.2 Å². The van der Waals surface area contributed by atoms with Crippen molar-refractivity contribution in [3.05, 3.63) is 21.9 Å². The highest BCUT2D eigenvalue weighted by molar-refractivity contribution is 7.10. The fraction of sp³-hybridized carbons (Fsp3) is 0.562. The minimum Gasteiger partial charge on any atom is -0.395 e. The van der Waals surface area contributed by atoms with Crippen molar-refractivity contribution in [1.82, 2.24) is 4.90 Å². The number of nitrogens with zero attached hydrogens (tertiary/aromatic N) is 1. The molecule has 0 radical (unpaired) electrons. The van der Waals surface area contributed by atoms with Gasteiger partial charge in [-0.25, -0.2) is 0 Å². The molecule has 1 aromatic heterocycles. The number of hydrogen-bond donors (Lipinski definition) is 1. The highest BCUT2D eigenvalue weighted by Gasteiger charge is 2.24. The van der Waals surface area contributed by atoms with Crippen molar-refractivity contribution in [3.8, 4) is 11.8 Å². The van der Waals surface area contributed by atoms with E-state index in [0.717, 1.165) is 23.3 Å². The van der Waals surface area contributed by atoms with Gasteiger partial charge < -0.3 is 14.7 Å². The van der Waals surface area contributed by atoms with E-state index in [2.05, 4.69) is 11.8 Å². The Bertz CT molecular complexity index is 523. The molecule has 114 valence electrons. The molecule has 5 heteroatoms. The summed E-state index contributed by atoms with van der Waals surface area (Å²) in [6.45, 7) is 2.09. The number of aliphatic hydroxyl groups is 1. The molecule has 4 nitrogen and oxygen atoms in total. The van der Waals surface area contributed by atoms with Crippen LogP contribution in [0.5, 0.6) is 0 Å². The summed E-state index contributed by atoms with van der Waals surface area (Å²) in [5, 5.41) is 10.7. The van der Waals surface area contributed by atoms with Crippen molar-refractivity contribution in [3.63, 3.8) is 0 Å². The van der Waals surface area contributed by atoms with Crippen LogP contribution in [0.25, 0.3) is 0 Å². The van der Waals surface area contributed by atoms with Crippen LogP contribution in [0.2, 0.25) is 0 Å². The Hall–Kier alpha value is -1.35. The van der Waals surface area contributed by atoms with Crippen molar-refractivity contribution in [2.24, 2.45) is 5.92 Å². The summed E-state index contributed by atoms with van der Waals surface area (Å²) in [5.74, 6) is 6.23. The first-order valence-corrected chi connectivity index (χ1v) is 8.08. The standard InChI is InChI=1S/C16H21NO3S/c1-17(16(19)14-5-8-20-9-6-14)11-15-10-13(12-21-15)4-2-3-7-18/h10,12,14,18H,3,5-9,11H2,1H3. The Morgan fingerprint density at radius 2 is 2.29 bits per heavy atom. The zero-order valence-corrected chi connectivity index (χ0v) is 13.1. The number of carbonyl (C=O) groups excluding carboxylic acids is 1. The van der Waals surface area contributed by atoms with Gasteiger partial charge in [0.05, 0.1) is 13.2 Å². The highest BCUT2D eigenvalue weighted by Crippen LogP contribution is 2.20. The first-order valence-electron chi connectivity index (χ1n) is 7.20. The molecular formula is C16H21NO3S. The summed E-state index contributed by atoms with van der Waals surface area (Å²) >= 11 is 1.62. The maximum atomic E-state index is 12.3. The fourth-order valence-electron chi connectivity index (χ4n) is 2.32. The Labute approximate surface area is 129 Å². The monoisotopic (exact) mass is 307 g/mol. The number of rotatable bonds is 4. The topological polar surface area (TPSA) is 49.8 Å². The van der Waals surface area contributed by atoms with Gasteiger partial charge in [-0.1, -0.05) is 11.8 Å². The molecule has 1 N–H and O–H groups in total. The van der Waals surface area contributed by atoms with Crippen LogP contribution in [0.15, 0.2) is 11.4 Å². The summed E-state index contributed by atoms with van der Waals surface area (Å²) in [6, 6.07) is 2.02. The molecule has 1 fully saturated rings. The largest absolute Gasteiger partial charge is 0.395 e. The molecule has 1 aliphatic rings. The molecule has 21 heavy (non-hydrogen) atoms. The van der Waals surface area contributed by atoms with Crippen LogP contribution in [0, 0.1) is 17.8 Å². The third kappa shape index (κ3) is 4.85. The van der Waals surface area contributed by atoms with Crippen LogP contribution in [0.3, 0.4) is 0 Å². The lowest BCUT2D eigenvalue weighted by molar-refractivity contribution is -0.137. The Morgan fingerprint density at radius 3 is 3.00 bits per heavy atom. The fourth-order valence-corrected chi connectivity index (χ4v) is 3.19. The van der Waals surface area contributed by atoms with E-state index in [1.54, 1.807) is 16.2 Å². The molecule has 1 aromatic rings. The summed E-state index contributed by atoms with van der Waals surface area (Å²) in [6.07, 6.45) is 2.14. The average Bonchev–Trinajstić information content (AvgIpc) is 2.95. The molecule has 1 amide bonds. The first-order chi connectivity index (χ1) is 10.2. The minimum atomic E-state index is 0.0896. The summed E-state index contributed by atoms with van der Waals surface area (Å²) in [5.41, 5.74) is 0.954. The van der Waals surface area contributed by atoms with Crippen LogP contribution < -0.4 is 0 Å². The van der Waals surface area contributed by atoms with E-state index >= 15 is 0 Å². The average molecular weight is 307 g/mol. The smallest absolute Gasteiger partial charge is 0.225 e. The van der Waals surface area contributed by atoms with Crippen molar-refractivity contribution in [2.75, 3.05) is 26.9 Å². The maximum Gasteiger partial charge on any atom is 0.225 e. The number of ether oxygens (including phenoxy) is 1. The van der Waals surface area contributed by atoms with E-state index in [4.69, 9.17) is 9.84 Å². The normalized spacial score (nSPS) is 15.3. The van der Waals surface area contributed by atoms with Gasteiger partial charge in [0.15, 0.2) is 0 Å². The third-order valence-electron chi connectivity index (χ3n) is 3.46. The van der Waals surface area contributed by atoms with Crippen molar-refractivity contribution in [2.45, 2.75) is 25.8 Å². The summed E-state index contributed by atoms with van der Waals surface area (Å²) in [4.78, 5) is 15.3. The Morgan fingerprint density at radius 1 is 1.52 bits per heavy atom. The molecule has 0 aliphatic carbocycles. The number of amides is 1. The third-order valence-corrected chi connectivity index (χ3v) is 4.38. The zero-order chi connectivity index (χ0) is 15.1. The SMILES string of the molecule is CN(Cc1cc(C#CCCO)cs1)C(=O)C1CCOCC1. The molecule has 0 spiro atoms. The molecule has 0 bridgehead atoms. The van der Waals surface area contributed by atoms with Gasteiger partial charge in [0.2, 0.25) is 5.91 Å². The number of aliphatic hydroxyl groups excluding tert-OH is 1. The van der Waals surface area contributed by atoms with E-state index < -0.39 is 0 Å². The van der Waals surface area contributed by atoms with Crippen LogP contribution >= 0.6 is 11.3 Å². The molecule has 1 saturated heterocycles. The lowest BCUT2D eigenvalue weighted by atomic mass is 9.99. The van der Waals surface area contributed by atoms with Gasteiger partial charge in [-0.3, -0.25) is 4.79 Å². The highest BCUT2D eigenvalue weighted by atomic mass is 32.1. The molecular weight excluding hydrogens is 286 g/mol. The van der Waals surface area contributed by atoms with Crippen LogP contribution in [0.1, 0.15) is 29.7 Å². The van der Waals surface area contributed by atoms with Gasteiger partial charge in [-0.05, 0) is 18.9 Å². The lowest BCUT2D eigenvalue weighted by Gasteiger charge is -2.26. The predicted molar refractivity (Wildman–Crippen MR) is 82.9 cm³/mol. The zero-order valence-electron chi connectivity index (χ0n) is 12.3. The molecule has 2 rings (SSSR count). The van der Waals surface area contributed by atoms with Crippen molar-refractivity contribution in [1.29, 1.82) is 0 Å². The predicted octanol–water partition coefficient (Wildman–Crippen LogP) is 1.87. The quantitative estimate of drug-likeness (QED) is 0.864. The molecule has 0 saturated carbocycles. The molecule has 0 unspecified atom stereocenters. The van der Waals surface area contributed by atoms with Gasteiger partial charge in [-0.2, -0.15) is 0 Å². The van der Waals surface area contributed by atoms with E-state index in [9.17, 15) is 4.79 Å². The van der Waals surface area contributed by atoms with Crippen molar-refractivity contribution < 1.29 is 14.6 Å². The van der Waals surface area contributed by atoms with E-state index in [-0.39, 0.29) is 18.4 Å². The van der Waals surface area contributed by atoms with E-state index in [1.165, 1.54) is 0 Å². The van der Waals surface area contributed by atoms with Crippen molar-refractivity contribution >= 4 is 17.2 Å². The summed E-state index contributed by atoms with van der Waals surface area (Å²) < 4.78 is 5.30. The second-order valence-corrected chi connectivity index (χ2v) is 6.15. The number of thiophene rings is 1. The first kappa shape index (κ1) is 16.0. The van der Waals surface area contributed by atoms with Gasteiger partial charge in [0.25, 0.3) is 0 Å². The summed E-state index contributed by atoms with van der Waals surface area (Å²) in [7, 11) is 1.86. The molecule has 0 aromatic carbocycles. The molecule has 0 atom stereocenters. The van der Waals surface area contributed by atoms with E-state index in [1.807, 2.05) is 18.5 Å². The minimum absolute atomic E-state index is 0.0896. The maximum absolute atomic E-state index is 12.3. The Kier molecular flexibility index (Phi) is 6.24. The van der Waals surface area contributed by atoms with Crippen LogP contribution in [-0.2, 0) is 16.1 Å². The van der Waals surface area contributed by atoms with Gasteiger partial charge in [-0.15, -0.1) is 11.3 Å². The van der Waals surface area contributed by atoms with Gasteiger partial charge >= 0.3 is 0 Å². The van der Waals surface area contributed by atoms with Crippen LogP contribution in [0.4, 0.5) is 0 Å². The van der Waals surface area contributed by atoms with Gasteiger partial charge in [0.1, 0.15) is 0 Å². The molecule has 2 heterocycles.